The lowest BCUT2D eigenvalue weighted by Gasteiger charge is -2.32. The van der Waals surface area contributed by atoms with Gasteiger partial charge in [0.1, 0.15) is 12.7 Å². The average molecular weight is 376 g/mol. The number of halogens is 1. The molecule has 1 amide bonds. The molecule has 1 aliphatic rings. The van der Waals surface area contributed by atoms with E-state index in [2.05, 4.69) is 15.9 Å². The van der Waals surface area contributed by atoms with E-state index < -0.39 is 0 Å². The van der Waals surface area contributed by atoms with Crippen molar-refractivity contribution in [3.63, 3.8) is 0 Å². The number of rotatable bonds is 3. The van der Waals surface area contributed by atoms with Crippen molar-refractivity contribution in [3.8, 4) is 0 Å². The summed E-state index contributed by atoms with van der Waals surface area (Å²) in [6.07, 6.45) is -0.433. The van der Waals surface area contributed by atoms with Crippen molar-refractivity contribution in [2.24, 2.45) is 0 Å². The lowest BCUT2D eigenvalue weighted by Crippen LogP contribution is -2.42. The molecule has 0 radical (unpaired) electrons. The molecule has 1 fully saturated rings. The van der Waals surface area contributed by atoms with Gasteiger partial charge in [-0.1, -0.05) is 64.5 Å². The number of ether oxygens (including phenoxy) is 2. The number of carbonyl (C=O) groups is 1. The van der Waals surface area contributed by atoms with Crippen molar-refractivity contribution in [1.29, 1.82) is 0 Å². The largest absolute Gasteiger partial charge is 0.445 e. The second kappa shape index (κ2) is 7.62. The molecule has 1 saturated heterocycles. The molecule has 0 spiro atoms. The summed E-state index contributed by atoms with van der Waals surface area (Å²) >= 11 is 3.54. The first-order valence-corrected chi connectivity index (χ1v) is 8.35. The van der Waals surface area contributed by atoms with Crippen LogP contribution in [0.1, 0.15) is 17.2 Å². The third kappa shape index (κ3) is 4.12. The molecular weight excluding hydrogens is 358 g/mol. The molecule has 23 heavy (non-hydrogen) atoms. The molecule has 2 aromatic rings. The Hall–Kier alpha value is -1.85. The molecule has 0 bridgehead atoms. The van der Waals surface area contributed by atoms with E-state index in [1.165, 1.54) is 0 Å². The summed E-state index contributed by atoms with van der Waals surface area (Å²) in [5.41, 5.74) is 2.03. The summed E-state index contributed by atoms with van der Waals surface area (Å²) < 4.78 is 12.2. The van der Waals surface area contributed by atoms with Gasteiger partial charge < -0.3 is 14.4 Å². The molecule has 5 heteroatoms. The molecule has 0 aromatic heterocycles. The van der Waals surface area contributed by atoms with E-state index in [1.54, 1.807) is 4.90 Å². The molecule has 1 heterocycles. The molecule has 0 saturated carbocycles. The number of hydrogen-bond acceptors (Lipinski definition) is 3. The summed E-state index contributed by atoms with van der Waals surface area (Å²) in [5.74, 6) is 0. The van der Waals surface area contributed by atoms with Gasteiger partial charge in [0, 0.05) is 11.0 Å². The molecule has 0 N–H and O–H groups in total. The van der Waals surface area contributed by atoms with Crippen molar-refractivity contribution in [1.82, 2.24) is 4.90 Å². The monoisotopic (exact) mass is 375 g/mol. The minimum Gasteiger partial charge on any atom is -0.445 e. The molecule has 1 atom stereocenters. The van der Waals surface area contributed by atoms with Gasteiger partial charge in [0.05, 0.1) is 13.2 Å². The van der Waals surface area contributed by atoms with E-state index in [0.717, 1.165) is 15.6 Å². The summed E-state index contributed by atoms with van der Waals surface area (Å²) in [6, 6.07) is 17.6. The van der Waals surface area contributed by atoms with Gasteiger partial charge in [0.25, 0.3) is 0 Å². The third-order valence-electron chi connectivity index (χ3n) is 3.78. The predicted octanol–water partition coefficient (Wildman–Crippen LogP) is 4.16. The van der Waals surface area contributed by atoms with Gasteiger partial charge >= 0.3 is 6.09 Å². The van der Waals surface area contributed by atoms with Gasteiger partial charge in [-0.2, -0.15) is 0 Å². The van der Waals surface area contributed by atoms with Crippen LogP contribution in [0.15, 0.2) is 59.1 Å². The van der Waals surface area contributed by atoms with Gasteiger partial charge in [-0.25, -0.2) is 4.79 Å². The number of morpholine rings is 1. The van der Waals surface area contributed by atoms with Crippen LogP contribution in [0.3, 0.4) is 0 Å². The maximum Gasteiger partial charge on any atom is 0.410 e. The Bertz CT molecular complexity index is 662. The van der Waals surface area contributed by atoms with Crippen LogP contribution in [0, 0.1) is 0 Å². The quantitative estimate of drug-likeness (QED) is 0.808. The van der Waals surface area contributed by atoms with Crippen LogP contribution >= 0.6 is 15.9 Å². The molecular formula is C18H18BrNO3. The van der Waals surface area contributed by atoms with E-state index in [4.69, 9.17) is 9.47 Å². The number of nitrogens with zero attached hydrogens (tertiary/aromatic N) is 1. The van der Waals surface area contributed by atoms with Crippen LogP contribution in [0.25, 0.3) is 0 Å². The topological polar surface area (TPSA) is 38.8 Å². The maximum absolute atomic E-state index is 12.3. The minimum absolute atomic E-state index is 0.136. The van der Waals surface area contributed by atoms with E-state index in [0.29, 0.717) is 19.7 Å². The molecule has 0 aliphatic carbocycles. The molecule has 2 aromatic carbocycles. The summed E-state index contributed by atoms with van der Waals surface area (Å²) in [6.45, 7) is 1.84. The predicted molar refractivity (Wildman–Crippen MR) is 91.0 cm³/mol. The lowest BCUT2D eigenvalue weighted by molar-refractivity contribution is -0.0299. The highest BCUT2D eigenvalue weighted by atomic mass is 79.9. The normalized spacial score (nSPS) is 17.8. The Morgan fingerprint density at radius 3 is 2.70 bits per heavy atom. The van der Waals surface area contributed by atoms with Gasteiger partial charge in [0.15, 0.2) is 0 Å². The van der Waals surface area contributed by atoms with Crippen LogP contribution in [-0.4, -0.2) is 30.7 Å². The summed E-state index contributed by atoms with van der Waals surface area (Å²) in [5, 5.41) is 0. The van der Waals surface area contributed by atoms with Gasteiger partial charge in [-0.05, 0) is 17.2 Å². The molecule has 3 rings (SSSR count). The van der Waals surface area contributed by atoms with Crippen molar-refractivity contribution in [3.05, 3.63) is 70.2 Å². The SMILES string of the molecule is O=C(OCc1ccccc1)N1CCOC(c2ccccc2Br)C1. The fourth-order valence-corrected chi connectivity index (χ4v) is 3.09. The molecule has 4 nitrogen and oxygen atoms in total. The van der Waals surface area contributed by atoms with Crippen LogP contribution in [0.5, 0.6) is 0 Å². The fourth-order valence-electron chi connectivity index (χ4n) is 2.55. The fraction of sp³-hybridized carbons (Fsp3) is 0.278. The van der Waals surface area contributed by atoms with Crippen LogP contribution in [0.4, 0.5) is 4.79 Å². The Balaban J connectivity index is 1.60. The number of amides is 1. The van der Waals surface area contributed by atoms with E-state index in [1.807, 2.05) is 54.6 Å². The summed E-state index contributed by atoms with van der Waals surface area (Å²) in [4.78, 5) is 14.0. The Morgan fingerprint density at radius 2 is 1.91 bits per heavy atom. The van der Waals surface area contributed by atoms with Crippen LogP contribution < -0.4 is 0 Å². The average Bonchev–Trinajstić information content (AvgIpc) is 2.61. The van der Waals surface area contributed by atoms with Gasteiger partial charge in [-0.15, -0.1) is 0 Å². The number of benzene rings is 2. The van der Waals surface area contributed by atoms with Gasteiger partial charge in [-0.3, -0.25) is 0 Å². The first kappa shape index (κ1) is 16.0. The zero-order chi connectivity index (χ0) is 16.1. The van der Waals surface area contributed by atoms with E-state index >= 15 is 0 Å². The highest BCUT2D eigenvalue weighted by Crippen LogP contribution is 2.28. The van der Waals surface area contributed by atoms with E-state index in [-0.39, 0.29) is 18.8 Å². The molecule has 1 aliphatic heterocycles. The second-order valence-electron chi connectivity index (χ2n) is 5.37. The number of carbonyl (C=O) groups excluding carboxylic acids is 1. The number of hydrogen-bond donors (Lipinski definition) is 0. The third-order valence-corrected chi connectivity index (χ3v) is 4.50. The Labute approximate surface area is 144 Å². The van der Waals surface area contributed by atoms with Crippen molar-refractivity contribution in [2.75, 3.05) is 19.7 Å². The Morgan fingerprint density at radius 1 is 1.17 bits per heavy atom. The first-order chi connectivity index (χ1) is 11.2. The lowest BCUT2D eigenvalue weighted by atomic mass is 10.1. The highest BCUT2D eigenvalue weighted by molar-refractivity contribution is 9.10. The zero-order valence-corrected chi connectivity index (χ0v) is 14.2. The standard InChI is InChI=1S/C18H18BrNO3/c19-16-9-5-4-8-15(16)17-12-20(10-11-22-17)18(21)23-13-14-6-2-1-3-7-14/h1-9,17H,10-13H2. The van der Waals surface area contributed by atoms with Crippen LogP contribution in [0.2, 0.25) is 0 Å². The smallest absolute Gasteiger partial charge is 0.410 e. The van der Waals surface area contributed by atoms with Crippen molar-refractivity contribution < 1.29 is 14.3 Å². The van der Waals surface area contributed by atoms with Crippen molar-refractivity contribution in [2.45, 2.75) is 12.7 Å². The van der Waals surface area contributed by atoms with Crippen LogP contribution in [-0.2, 0) is 16.1 Å². The molecule has 120 valence electrons. The van der Waals surface area contributed by atoms with E-state index in [9.17, 15) is 4.79 Å². The van der Waals surface area contributed by atoms with Gasteiger partial charge in [0.2, 0.25) is 0 Å². The maximum atomic E-state index is 12.3. The Kier molecular flexibility index (Phi) is 5.31. The van der Waals surface area contributed by atoms with Crippen molar-refractivity contribution >= 4 is 22.0 Å². The summed E-state index contributed by atoms with van der Waals surface area (Å²) in [7, 11) is 0. The second-order valence-corrected chi connectivity index (χ2v) is 6.22. The minimum atomic E-state index is -0.297. The highest BCUT2D eigenvalue weighted by Gasteiger charge is 2.27. The zero-order valence-electron chi connectivity index (χ0n) is 12.7. The first-order valence-electron chi connectivity index (χ1n) is 7.55. The molecule has 1 unspecified atom stereocenters.